The lowest BCUT2D eigenvalue weighted by Gasteiger charge is -2.13. The summed E-state index contributed by atoms with van der Waals surface area (Å²) in [5.74, 6) is 1.11. The molecule has 2 N–H and O–H groups in total. The summed E-state index contributed by atoms with van der Waals surface area (Å²) in [5, 5.41) is 6.13. The van der Waals surface area contributed by atoms with E-state index in [1.165, 1.54) is 11.8 Å². The Morgan fingerprint density at radius 1 is 1.00 bits per heavy atom. The van der Waals surface area contributed by atoms with Crippen molar-refractivity contribution in [2.24, 2.45) is 0 Å². The molecule has 0 aliphatic heterocycles. The number of hydrogen-bond acceptors (Lipinski definition) is 5. The van der Waals surface area contributed by atoms with E-state index in [-0.39, 0.29) is 11.6 Å². The van der Waals surface area contributed by atoms with Crippen LogP contribution in [0.3, 0.4) is 0 Å². The minimum Gasteiger partial charge on any atom is -0.497 e. The fraction of sp³-hybridized carbons (Fsp3) is 0.227. The summed E-state index contributed by atoms with van der Waals surface area (Å²) in [4.78, 5) is 20.9. The molecule has 6 nitrogen and oxygen atoms in total. The Kier molecular flexibility index (Phi) is 5.89. The second-order valence-electron chi connectivity index (χ2n) is 6.72. The number of hydrogen-bond donors (Lipinski definition) is 2. The van der Waals surface area contributed by atoms with Crippen molar-refractivity contribution < 1.29 is 9.53 Å². The van der Waals surface area contributed by atoms with Gasteiger partial charge in [-0.05, 0) is 49.6 Å². The number of nitrogens with zero attached hydrogens (tertiary/aromatic N) is 2. The zero-order valence-corrected chi connectivity index (χ0v) is 16.5. The molecule has 0 unspecified atom stereocenters. The molecule has 0 bridgehead atoms. The minimum atomic E-state index is -0.266. The Bertz CT molecular complexity index is 944. The molecular weight excluding hydrogens is 352 g/mol. The maximum absolute atomic E-state index is 12.3. The van der Waals surface area contributed by atoms with Gasteiger partial charge in [-0.3, -0.25) is 4.79 Å². The van der Waals surface area contributed by atoms with Crippen LogP contribution in [-0.4, -0.2) is 23.0 Å². The van der Waals surface area contributed by atoms with Crippen LogP contribution in [-0.2, 0) is 6.54 Å². The lowest BCUT2D eigenvalue weighted by molar-refractivity contribution is 0.0945. The topological polar surface area (TPSA) is 76.1 Å². The Morgan fingerprint density at radius 3 is 2.25 bits per heavy atom. The first kappa shape index (κ1) is 19.4. The Balaban J connectivity index is 1.62. The van der Waals surface area contributed by atoms with Gasteiger partial charge in [-0.2, -0.15) is 0 Å². The molecule has 0 spiro atoms. The first-order chi connectivity index (χ1) is 13.5. The van der Waals surface area contributed by atoms with Crippen LogP contribution in [0.25, 0.3) is 0 Å². The number of nitrogens with one attached hydrogen (secondary N) is 2. The second-order valence-corrected chi connectivity index (χ2v) is 6.72. The molecule has 3 aromatic rings. The first-order valence-corrected chi connectivity index (χ1v) is 9.04. The summed E-state index contributed by atoms with van der Waals surface area (Å²) in [6.07, 6.45) is 3.05. The van der Waals surface area contributed by atoms with Crippen molar-refractivity contribution in [2.45, 2.75) is 27.3 Å². The number of rotatable bonds is 6. The summed E-state index contributed by atoms with van der Waals surface area (Å²) < 4.78 is 5.13. The van der Waals surface area contributed by atoms with Crippen LogP contribution in [0.2, 0.25) is 0 Å². The van der Waals surface area contributed by atoms with Crippen LogP contribution in [0.4, 0.5) is 11.5 Å². The van der Waals surface area contributed by atoms with Crippen LogP contribution in [0.15, 0.2) is 48.8 Å². The summed E-state index contributed by atoms with van der Waals surface area (Å²) in [7, 11) is 1.62. The molecule has 1 amide bonds. The monoisotopic (exact) mass is 376 g/mol. The SMILES string of the molecule is COc1ccc(CNC(=O)c2cnc(Nc3c(C)cc(C)cc3C)cn2)cc1. The number of ether oxygens (including phenoxy) is 1. The molecule has 0 aliphatic carbocycles. The molecule has 3 rings (SSSR count). The molecule has 0 radical (unpaired) electrons. The third kappa shape index (κ3) is 4.65. The lowest BCUT2D eigenvalue weighted by Crippen LogP contribution is -2.24. The zero-order valence-electron chi connectivity index (χ0n) is 16.5. The van der Waals surface area contributed by atoms with Crippen molar-refractivity contribution in [1.82, 2.24) is 15.3 Å². The highest BCUT2D eigenvalue weighted by Gasteiger charge is 2.09. The molecular formula is C22H24N4O2. The van der Waals surface area contributed by atoms with Crippen molar-refractivity contribution in [3.8, 4) is 5.75 Å². The van der Waals surface area contributed by atoms with E-state index >= 15 is 0 Å². The predicted molar refractivity (Wildman–Crippen MR) is 110 cm³/mol. The van der Waals surface area contributed by atoms with Gasteiger partial charge in [-0.1, -0.05) is 29.8 Å². The van der Waals surface area contributed by atoms with Crippen LogP contribution < -0.4 is 15.4 Å². The normalized spacial score (nSPS) is 10.4. The van der Waals surface area contributed by atoms with E-state index in [0.717, 1.165) is 28.1 Å². The van der Waals surface area contributed by atoms with E-state index < -0.39 is 0 Å². The van der Waals surface area contributed by atoms with E-state index in [2.05, 4.69) is 53.5 Å². The number of aryl methyl sites for hydroxylation is 3. The smallest absolute Gasteiger partial charge is 0.271 e. The van der Waals surface area contributed by atoms with Crippen molar-refractivity contribution in [3.63, 3.8) is 0 Å². The molecule has 0 aliphatic rings. The molecule has 0 saturated carbocycles. The predicted octanol–water partition coefficient (Wildman–Crippen LogP) is 4.08. The maximum atomic E-state index is 12.3. The van der Waals surface area contributed by atoms with Gasteiger partial charge in [-0.15, -0.1) is 0 Å². The summed E-state index contributed by atoms with van der Waals surface area (Å²) in [6.45, 7) is 6.59. The fourth-order valence-electron chi connectivity index (χ4n) is 3.03. The highest BCUT2D eigenvalue weighted by molar-refractivity contribution is 5.92. The highest BCUT2D eigenvalue weighted by atomic mass is 16.5. The average molecular weight is 376 g/mol. The molecule has 0 fully saturated rings. The molecule has 1 heterocycles. The van der Waals surface area contributed by atoms with E-state index in [1.807, 2.05) is 24.3 Å². The summed E-state index contributed by atoms with van der Waals surface area (Å²) in [5.41, 5.74) is 5.76. The van der Waals surface area contributed by atoms with Crippen LogP contribution in [0, 0.1) is 20.8 Å². The van der Waals surface area contributed by atoms with Gasteiger partial charge in [0.2, 0.25) is 0 Å². The molecule has 1 aromatic heterocycles. The molecule has 28 heavy (non-hydrogen) atoms. The number of carbonyl (C=O) groups excluding carboxylic acids is 1. The van der Waals surface area contributed by atoms with Crippen molar-refractivity contribution in [1.29, 1.82) is 0 Å². The average Bonchev–Trinajstić information content (AvgIpc) is 2.69. The van der Waals surface area contributed by atoms with E-state index in [1.54, 1.807) is 13.3 Å². The van der Waals surface area contributed by atoms with Crippen molar-refractivity contribution in [2.75, 3.05) is 12.4 Å². The van der Waals surface area contributed by atoms with E-state index in [4.69, 9.17) is 4.74 Å². The number of methoxy groups -OCH3 is 1. The van der Waals surface area contributed by atoms with Gasteiger partial charge < -0.3 is 15.4 Å². The van der Waals surface area contributed by atoms with Gasteiger partial charge in [0.05, 0.1) is 19.5 Å². The lowest BCUT2D eigenvalue weighted by atomic mass is 10.1. The van der Waals surface area contributed by atoms with Crippen molar-refractivity contribution in [3.05, 3.63) is 76.7 Å². The standard InChI is InChI=1S/C22H24N4O2/c1-14-9-15(2)21(16(3)10-14)26-20-13-23-19(12-24-20)22(27)25-11-17-5-7-18(28-4)8-6-17/h5-10,12-13H,11H2,1-4H3,(H,24,26)(H,25,27). The number of anilines is 2. The first-order valence-electron chi connectivity index (χ1n) is 9.04. The van der Waals surface area contributed by atoms with Gasteiger partial charge in [0.1, 0.15) is 17.3 Å². The Morgan fingerprint density at radius 2 is 1.68 bits per heavy atom. The largest absolute Gasteiger partial charge is 0.497 e. The van der Waals surface area contributed by atoms with E-state index in [9.17, 15) is 4.79 Å². The zero-order chi connectivity index (χ0) is 20.1. The van der Waals surface area contributed by atoms with Gasteiger partial charge >= 0.3 is 0 Å². The molecule has 6 heteroatoms. The van der Waals surface area contributed by atoms with Gasteiger partial charge in [0.15, 0.2) is 0 Å². The fourth-order valence-corrected chi connectivity index (χ4v) is 3.03. The number of amides is 1. The van der Waals surface area contributed by atoms with Crippen LogP contribution in [0.1, 0.15) is 32.7 Å². The maximum Gasteiger partial charge on any atom is 0.271 e. The molecule has 0 saturated heterocycles. The Labute approximate surface area is 165 Å². The minimum absolute atomic E-state index is 0.266. The summed E-state index contributed by atoms with van der Waals surface area (Å²) in [6, 6.07) is 11.8. The summed E-state index contributed by atoms with van der Waals surface area (Å²) >= 11 is 0. The molecule has 0 atom stereocenters. The van der Waals surface area contributed by atoms with Crippen LogP contribution >= 0.6 is 0 Å². The number of benzene rings is 2. The van der Waals surface area contributed by atoms with Gasteiger partial charge in [-0.25, -0.2) is 9.97 Å². The van der Waals surface area contributed by atoms with Crippen molar-refractivity contribution >= 4 is 17.4 Å². The number of carbonyl (C=O) groups is 1. The van der Waals surface area contributed by atoms with E-state index in [0.29, 0.717) is 12.4 Å². The van der Waals surface area contributed by atoms with Crippen LogP contribution in [0.5, 0.6) is 5.75 Å². The quantitative estimate of drug-likeness (QED) is 0.678. The number of aromatic nitrogens is 2. The highest BCUT2D eigenvalue weighted by Crippen LogP contribution is 2.24. The third-order valence-corrected chi connectivity index (χ3v) is 4.43. The molecule has 2 aromatic carbocycles. The van der Waals surface area contributed by atoms with Gasteiger partial charge in [0.25, 0.3) is 5.91 Å². The van der Waals surface area contributed by atoms with Gasteiger partial charge in [0, 0.05) is 12.2 Å². The Hall–Kier alpha value is -3.41. The second kappa shape index (κ2) is 8.52. The molecule has 144 valence electrons. The third-order valence-electron chi connectivity index (χ3n) is 4.43.